The van der Waals surface area contributed by atoms with Gasteiger partial charge in [0.25, 0.3) is 0 Å². The molecule has 1 saturated heterocycles. The summed E-state index contributed by atoms with van der Waals surface area (Å²) in [4.78, 5) is 10.4. The van der Waals surface area contributed by atoms with Crippen LogP contribution >= 0.6 is 0 Å². The average Bonchev–Trinajstić information content (AvgIpc) is 2.77. The van der Waals surface area contributed by atoms with E-state index < -0.39 is 24.5 Å². The summed E-state index contributed by atoms with van der Waals surface area (Å²) in [5.41, 5.74) is 0. The van der Waals surface area contributed by atoms with Crippen LogP contribution in [0.4, 0.5) is 0 Å². The van der Waals surface area contributed by atoms with Crippen LogP contribution in [-0.4, -0.2) is 52.5 Å². The molecule has 4 atom stereocenters. The van der Waals surface area contributed by atoms with Crippen molar-refractivity contribution in [2.45, 2.75) is 147 Å². The number of unbranched alkanes of at least 4 members (excludes halogenated alkanes) is 16. The fourth-order valence-electron chi connectivity index (χ4n) is 4.32. The zero-order valence-electron chi connectivity index (χ0n) is 21.0. The molecule has 6 heteroatoms. The number of allylic oxidation sites excluding steroid dienone is 1. The topological polar surface area (TPSA) is 96.2 Å². The van der Waals surface area contributed by atoms with E-state index in [1.54, 1.807) is 6.08 Å². The van der Waals surface area contributed by atoms with Crippen molar-refractivity contribution in [3.05, 3.63) is 12.2 Å². The highest BCUT2D eigenvalue weighted by molar-refractivity contribution is 5.79. The first-order valence-electron chi connectivity index (χ1n) is 13.5. The highest BCUT2D eigenvalue weighted by atomic mass is 16.7. The van der Waals surface area contributed by atoms with Gasteiger partial charge in [-0.2, -0.15) is 0 Å². The second kappa shape index (κ2) is 20.4. The Bertz CT molecular complexity index is 495. The van der Waals surface area contributed by atoms with Crippen molar-refractivity contribution in [2.75, 3.05) is 6.61 Å². The lowest BCUT2D eigenvalue weighted by Gasteiger charge is -2.35. The molecule has 0 spiro atoms. The molecule has 1 aliphatic rings. The highest BCUT2D eigenvalue weighted by Crippen LogP contribution is 2.21. The smallest absolute Gasteiger partial charge is 0.327 e. The molecule has 0 aliphatic carbocycles. The molecule has 1 rings (SSSR count). The fourth-order valence-corrected chi connectivity index (χ4v) is 4.32. The zero-order chi connectivity index (χ0) is 24.2. The molecule has 1 aliphatic heterocycles. The van der Waals surface area contributed by atoms with Gasteiger partial charge in [-0.25, -0.2) is 4.79 Å². The first kappa shape index (κ1) is 30.1. The lowest BCUT2D eigenvalue weighted by atomic mass is 10.0. The van der Waals surface area contributed by atoms with Crippen LogP contribution in [-0.2, 0) is 14.3 Å². The second-order valence-corrected chi connectivity index (χ2v) is 9.64. The number of aliphatic hydroxyl groups is 2. The third-order valence-electron chi connectivity index (χ3n) is 6.50. The van der Waals surface area contributed by atoms with E-state index >= 15 is 0 Å². The SMILES string of the molecule is C[C@@H]1O[C@@H](OCCCCCCCCCCCCCCCCCC/C=C/C(=O)O)[C@H](O)C[C@H]1O. The summed E-state index contributed by atoms with van der Waals surface area (Å²) >= 11 is 0. The molecule has 6 nitrogen and oxygen atoms in total. The lowest BCUT2D eigenvalue weighted by molar-refractivity contribution is -0.261. The molecule has 0 amide bonds. The lowest BCUT2D eigenvalue weighted by Crippen LogP contribution is -2.47. The Kier molecular flexibility index (Phi) is 18.6. The van der Waals surface area contributed by atoms with Gasteiger partial charge >= 0.3 is 5.97 Å². The van der Waals surface area contributed by atoms with Gasteiger partial charge in [-0.3, -0.25) is 0 Å². The van der Waals surface area contributed by atoms with Crippen molar-refractivity contribution in [2.24, 2.45) is 0 Å². The number of aliphatic carboxylic acids is 1. The molecule has 0 saturated carbocycles. The summed E-state index contributed by atoms with van der Waals surface area (Å²) in [5, 5.41) is 28.1. The van der Waals surface area contributed by atoms with Crippen molar-refractivity contribution in [1.29, 1.82) is 0 Å². The van der Waals surface area contributed by atoms with Crippen LogP contribution in [0.2, 0.25) is 0 Å². The molecule has 0 aromatic rings. The van der Waals surface area contributed by atoms with Crippen LogP contribution in [0.15, 0.2) is 12.2 Å². The molecule has 0 aromatic carbocycles. The Morgan fingerprint density at radius 1 is 0.788 bits per heavy atom. The fraction of sp³-hybridized carbons (Fsp3) is 0.889. The highest BCUT2D eigenvalue weighted by Gasteiger charge is 2.34. The molecule has 0 bridgehead atoms. The number of carbonyl (C=O) groups is 1. The van der Waals surface area contributed by atoms with Crippen LogP contribution in [0, 0.1) is 0 Å². The first-order chi connectivity index (χ1) is 16.0. The minimum Gasteiger partial charge on any atom is -0.478 e. The maximum atomic E-state index is 10.4. The van der Waals surface area contributed by atoms with Crippen molar-refractivity contribution in [3.63, 3.8) is 0 Å². The zero-order valence-corrected chi connectivity index (χ0v) is 21.0. The normalized spacial score (nSPS) is 23.4. The van der Waals surface area contributed by atoms with Gasteiger partial charge in [0.05, 0.1) is 12.2 Å². The van der Waals surface area contributed by atoms with E-state index in [1.165, 1.54) is 89.5 Å². The summed E-state index contributed by atoms with van der Waals surface area (Å²) < 4.78 is 11.2. The number of carboxylic acid groups (broad SMARTS) is 1. The van der Waals surface area contributed by atoms with Crippen LogP contribution in [0.5, 0.6) is 0 Å². The van der Waals surface area contributed by atoms with Crippen molar-refractivity contribution >= 4 is 5.97 Å². The van der Waals surface area contributed by atoms with Crippen LogP contribution < -0.4 is 0 Å². The van der Waals surface area contributed by atoms with E-state index in [9.17, 15) is 15.0 Å². The Morgan fingerprint density at radius 3 is 1.73 bits per heavy atom. The second-order valence-electron chi connectivity index (χ2n) is 9.64. The van der Waals surface area contributed by atoms with Gasteiger partial charge in [-0.1, -0.05) is 96.0 Å². The molecular weight excluding hydrogens is 420 g/mol. The molecule has 3 N–H and O–H groups in total. The predicted molar refractivity (Wildman–Crippen MR) is 132 cm³/mol. The molecule has 0 radical (unpaired) electrons. The van der Waals surface area contributed by atoms with Gasteiger partial charge in [0, 0.05) is 19.1 Å². The van der Waals surface area contributed by atoms with Gasteiger partial charge in [0.1, 0.15) is 6.10 Å². The van der Waals surface area contributed by atoms with Crippen LogP contribution in [0.3, 0.4) is 0 Å². The quantitative estimate of drug-likeness (QED) is 0.138. The van der Waals surface area contributed by atoms with Gasteiger partial charge < -0.3 is 24.8 Å². The predicted octanol–water partition coefficient (Wildman–Crippen LogP) is 6.13. The van der Waals surface area contributed by atoms with Gasteiger partial charge in [-0.15, -0.1) is 0 Å². The van der Waals surface area contributed by atoms with Crippen molar-refractivity contribution in [1.82, 2.24) is 0 Å². The number of hydrogen-bond donors (Lipinski definition) is 3. The molecule has 0 unspecified atom stereocenters. The number of hydrogen-bond acceptors (Lipinski definition) is 5. The molecule has 194 valence electrons. The number of ether oxygens (including phenoxy) is 2. The molecule has 33 heavy (non-hydrogen) atoms. The molecule has 1 heterocycles. The van der Waals surface area contributed by atoms with Gasteiger partial charge in [0.2, 0.25) is 0 Å². The third-order valence-corrected chi connectivity index (χ3v) is 6.50. The van der Waals surface area contributed by atoms with Crippen LogP contribution in [0.25, 0.3) is 0 Å². The summed E-state index contributed by atoms with van der Waals surface area (Å²) in [6.07, 6.45) is 22.3. The number of aliphatic hydroxyl groups excluding tert-OH is 2. The summed E-state index contributed by atoms with van der Waals surface area (Å²) in [6.45, 7) is 2.42. The monoisotopic (exact) mass is 470 g/mol. The Balaban J connectivity index is 1.73. The summed E-state index contributed by atoms with van der Waals surface area (Å²) in [5.74, 6) is -0.849. The third kappa shape index (κ3) is 17.2. The number of carboxylic acids is 1. The van der Waals surface area contributed by atoms with Gasteiger partial charge in [0.15, 0.2) is 6.29 Å². The molecular formula is C27H50O6. The van der Waals surface area contributed by atoms with E-state index in [2.05, 4.69) is 0 Å². The van der Waals surface area contributed by atoms with E-state index in [0.29, 0.717) is 13.0 Å². The van der Waals surface area contributed by atoms with E-state index in [1.807, 2.05) is 6.92 Å². The van der Waals surface area contributed by atoms with Crippen molar-refractivity contribution < 1.29 is 29.6 Å². The minimum atomic E-state index is -0.849. The van der Waals surface area contributed by atoms with E-state index in [0.717, 1.165) is 25.7 Å². The van der Waals surface area contributed by atoms with E-state index in [-0.39, 0.29) is 6.10 Å². The summed E-state index contributed by atoms with van der Waals surface area (Å²) in [6, 6.07) is 0. The van der Waals surface area contributed by atoms with Gasteiger partial charge in [-0.05, 0) is 26.2 Å². The Morgan fingerprint density at radius 2 is 1.24 bits per heavy atom. The maximum Gasteiger partial charge on any atom is 0.327 e. The Labute approximate surface area is 201 Å². The van der Waals surface area contributed by atoms with Crippen molar-refractivity contribution in [3.8, 4) is 0 Å². The average molecular weight is 471 g/mol. The summed E-state index contributed by atoms with van der Waals surface area (Å²) in [7, 11) is 0. The largest absolute Gasteiger partial charge is 0.478 e. The molecule has 0 aromatic heterocycles. The number of rotatable bonds is 21. The first-order valence-corrected chi connectivity index (χ1v) is 13.5. The maximum absolute atomic E-state index is 10.4. The molecule has 1 fully saturated rings. The Hall–Kier alpha value is -0.950. The standard InChI is InChI=1S/C27H50O6/c1-23-24(28)22-25(29)27(33-23)32-21-19-17-15-13-11-9-7-5-3-2-4-6-8-10-12-14-16-18-20-26(30)31/h18,20,23-25,27-29H,2-17,19,21-22H2,1H3,(H,30,31)/b20-18+/t23-,24+,25+,27+/m0/s1. The van der Waals surface area contributed by atoms with E-state index in [4.69, 9.17) is 14.6 Å². The minimum absolute atomic E-state index is 0.282. The van der Waals surface area contributed by atoms with Crippen LogP contribution in [0.1, 0.15) is 122 Å².